The van der Waals surface area contributed by atoms with E-state index in [-0.39, 0.29) is 22.6 Å². The molecule has 0 saturated carbocycles. The smallest absolute Gasteiger partial charge is 0.296 e. The van der Waals surface area contributed by atoms with Gasteiger partial charge in [0.05, 0.1) is 23.9 Å². The fourth-order valence-corrected chi connectivity index (χ4v) is 5.43. The van der Waals surface area contributed by atoms with Crippen molar-refractivity contribution in [2.24, 2.45) is 5.92 Å². The van der Waals surface area contributed by atoms with E-state index in [1.165, 1.54) is 4.52 Å². The van der Waals surface area contributed by atoms with E-state index in [1.807, 2.05) is 85.1 Å². The maximum absolute atomic E-state index is 13.5. The molecule has 0 fully saturated rings. The van der Waals surface area contributed by atoms with Gasteiger partial charge in [-0.2, -0.15) is 19.7 Å². The van der Waals surface area contributed by atoms with Crippen LogP contribution in [0.2, 0.25) is 0 Å². The van der Waals surface area contributed by atoms with Gasteiger partial charge >= 0.3 is 0 Å². The Labute approximate surface area is 251 Å². The van der Waals surface area contributed by atoms with Crippen molar-refractivity contribution in [1.82, 2.24) is 24.4 Å². The second-order valence-electron chi connectivity index (χ2n) is 10.4. The summed E-state index contributed by atoms with van der Waals surface area (Å²) in [5.41, 5.74) is 3.45. The Morgan fingerprint density at radius 2 is 1.63 bits per heavy atom. The Balaban J connectivity index is 1.41. The fourth-order valence-electron chi connectivity index (χ4n) is 4.53. The number of methoxy groups -OCH3 is 1. The average Bonchev–Trinajstić information content (AvgIpc) is 3.58. The monoisotopic (exact) mass is 591 g/mol. The van der Waals surface area contributed by atoms with Crippen LogP contribution < -0.4 is 25.1 Å². The summed E-state index contributed by atoms with van der Waals surface area (Å²) in [5, 5.41) is 9.27. The number of hydrogen-bond acceptors (Lipinski definition) is 8. The number of rotatable bonds is 9. The Bertz CT molecular complexity index is 2050. The lowest BCUT2D eigenvalue weighted by Crippen LogP contribution is -2.28. The average molecular weight is 592 g/mol. The van der Waals surface area contributed by atoms with Crippen LogP contribution in [0.25, 0.3) is 28.0 Å². The number of benzene rings is 3. The van der Waals surface area contributed by atoms with E-state index in [0.29, 0.717) is 28.5 Å². The molecule has 0 amide bonds. The van der Waals surface area contributed by atoms with Crippen molar-refractivity contribution in [3.05, 3.63) is 127 Å². The first-order chi connectivity index (χ1) is 20.9. The van der Waals surface area contributed by atoms with Crippen molar-refractivity contribution < 1.29 is 9.47 Å². The first-order valence-corrected chi connectivity index (χ1v) is 14.7. The van der Waals surface area contributed by atoms with Crippen molar-refractivity contribution in [3.8, 4) is 28.4 Å². The van der Waals surface area contributed by atoms with Gasteiger partial charge in [0, 0.05) is 23.7 Å². The number of thiazole rings is 1. The lowest BCUT2D eigenvalue weighted by Gasteiger charge is -2.09. The van der Waals surface area contributed by atoms with Crippen LogP contribution in [0.3, 0.4) is 0 Å². The maximum Gasteiger partial charge on any atom is 0.296 e. The molecule has 3 heterocycles. The van der Waals surface area contributed by atoms with E-state index < -0.39 is 5.56 Å². The maximum atomic E-state index is 13.5. The van der Waals surface area contributed by atoms with Gasteiger partial charge in [0.15, 0.2) is 0 Å². The molecule has 0 unspecified atom stereocenters. The molecule has 3 aromatic heterocycles. The van der Waals surface area contributed by atoms with E-state index >= 15 is 0 Å². The molecule has 0 aliphatic carbocycles. The summed E-state index contributed by atoms with van der Waals surface area (Å²) in [7, 11) is 1.59. The molecule has 0 spiro atoms. The third kappa shape index (κ3) is 6.09. The molecule has 0 aliphatic rings. The number of aromatic nitrogens is 5. The van der Waals surface area contributed by atoms with Crippen LogP contribution in [0.15, 0.2) is 94.6 Å². The van der Waals surface area contributed by atoms with E-state index in [2.05, 4.69) is 23.9 Å². The first kappa shape index (κ1) is 28.0. The van der Waals surface area contributed by atoms with Crippen LogP contribution in [-0.4, -0.2) is 38.1 Å². The molecule has 0 N–H and O–H groups in total. The lowest BCUT2D eigenvalue weighted by atomic mass is 10.1. The third-order valence-electron chi connectivity index (χ3n) is 6.74. The van der Waals surface area contributed by atoms with Gasteiger partial charge in [-0.25, -0.2) is 4.68 Å². The summed E-state index contributed by atoms with van der Waals surface area (Å²) in [6.07, 6.45) is 3.91. The molecule has 43 heavy (non-hydrogen) atoms. The predicted molar refractivity (Wildman–Crippen MR) is 167 cm³/mol. The van der Waals surface area contributed by atoms with Crippen molar-refractivity contribution >= 4 is 22.4 Å². The Morgan fingerprint density at radius 1 is 0.907 bits per heavy atom. The van der Waals surface area contributed by atoms with Crippen LogP contribution in [0.5, 0.6) is 11.5 Å². The highest BCUT2D eigenvalue weighted by Crippen LogP contribution is 2.27. The molecule has 6 rings (SSSR count). The Kier molecular flexibility index (Phi) is 7.84. The summed E-state index contributed by atoms with van der Waals surface area (Å²) in [5.74, 6) is 1.92. The molecule has 0 atom stereocenters. The molecule has 216 valence electrons. The molecule has 10 heteroatoms. The van der Waals surface area contributed by atoms with Crippen LogP contribution >= 0.6 is 11.3 Å². The van der Waals surface area contributed by atoms with Crippen molar-refractivity contribution in [2.45, 2.75) is 20.3 Å². The van der Waals surface area contributed by atoms with Gasteiger partial charge < -0.3 is 9.47 Å². The standard InChI is InChI=1S/C33H29N5O4S/c1-21(2)20-42-27-15-11-23(12-16-27)30-24(19-37(36-30)25-7-5-4-6-8-25)18-29-32(40)38-33(43-29)34-31(39)28(35-38)17-22-9-13-26(41-3)14-10-22/h4-16,18-19,21H,17,20H2,1-3H3/b29-18-. The van der Waals surface area contributed by atoms with Gasteiger partial charge in [-0.3, -0.25) is 9.59 Å². The highest BCUT2D eigenvalue weighted by molar-refractivity contribution is 7.15. The van der Waals surface area contributed by atoms with Crippen LogP contribution in [0, 0.1) is 5.92 Å². The summed E-state index contributed by atoms with van der Waals surface area (Å²) in [6, 6.07) is 24.9. The SMILES string of the molecule is COc1ccc(Cc2nn3c(=O)/c(=C/c4cn(-c5ccccc5)nc4-c4ccc(OCC(C)C)cc4)sc3nc2=O)cc1. The number of hydrogen-bond donors (Lipinski definition) is 0. The second kappa shape index (κ2) is 12.0. The minimum Gasteiger partial charge on any atom is -0.497 e. The van der Waals surface area contributed by atoms with Crippen molar-refractivity contribution in [3.63, 3.8) is 0 Å². The summed E-state index contributed by atoms with van der Waals surface area (Å²) < 4.78 is 14.4. The summed E-state index contributed by atoms with van der Waals surface area (Å²) in [6.45, 7) is 4.84. The van der Waals surface area contributed by atoms with Gasteiger partial charge in [0.1, 0.15) is 22.9 Å². The first-order valence-electron chi connectivity index (χ1n) is 13.8. The van der Waals surface area contributed by atoms with Crippen LogP contribution in [0.4, 0.5) is 0 Å². The Morgan fingerprint density at radius 3 is 2.33 bits per heavy atom. The lowest BCUT2D eigenvalue weighted by molar-refractivity contribution is 0.271. The molecule has 0 bridgehead atoms. The number of nitrogens with zero attached hydrogens (tertiary/aromatic N) is 5. The van der Waals surface area contributed by atoms with E-state index in [4.69, 9.17) is 14.6 Å². The minimum atomic E-state index is -0.457. The van der Waals surface area contributed by atoms with Gasteiger partial charge in [0.25, 0.3) is 11.1 Å². The highest BCUT2D eigenvalue weighted by Gasteiger charge is 2.15. The summed E-state index contributed by atoms with van der Waals surface area (Å²) in [4.78, 5) is 30.7. The molecule has 9 nitrogen and oxygen atoms in total. The van der Waals surface area contributed by atoms with Gasteiger partial charge in [-0.1, -0.05) is 55.5 Å². The van der Waals surface area contributed by atoms with Gasteiger partial charge in [-0.15, -0.1) is 0 Å². The molecular weight excluding hydrogens is 562 g/mol. The van der Waals surface area contributed by atoms with E-state index in [1.54, 1.807) is 17.9 Å². The predicted octanol–water partition coefficient (Wildman–Crippen LogP) is 4.55. The quantitative estimate of drug-likeness (QED) is 0.243. The normalized spacial score (nSPS) is 11.9. The number of para-hydroxylation sites is 1. The molecular formula is C33H29N5O4S. The zero-order valence-electron chi connectivity index (χ0n) is 23.9. The number of fused-ring (bicyclic) bond motifs is 1. The van der Waals surface area contributed by atoms with Crippen LogP contribution in [0.1, 0.15) is 30.7 Å². The van der Waals surface area contributed by atoms with Gasteiger partial charge in [0.2, 0.25) is 4.96 Å². The Hall–Kier alpha value is -5.09. The van der Waals surface area contributed by atoms with Crippen LogP contribution in [-0.2, 0) is 6.42 Å². The van der Waals surface area contributed by atoms with Gasteiger partial charge in [-0.05, 0) is 66.1 Å². The van der Waals surface area contributed by atoms with E-state index in [9.17, 15) is 9.59 Å². The minimum absolute atomic E-state index is 0.196. The highest BCUT2D eigenvalue weighted by atomic mass is 32.1. The van der Waals surface area contributed by atoms with Crippen molar-refractivity contribution in [2.75, 3.05) is 13.7 Å². The van der Waals surface area contributed by atoms with Crippen molar-refractivity contribution in [1.29, 1.82) is 0 Å². The zero-order valence-corrected chi connectivity index (χ0v) is 24.7. The van der Waals surface area contributed by atoms with E-state index in [0.717, 1.165) is 39.5 Å². The largest absolute Gasteiger partial charge is 0.497 e. The molecule has 0 aliphatic heterocycles. The molecule has 6 aromatic rings. The second-order valence-corrected chi connectivity index (χ2v) is 11.5. The third-order valence-corrected chi connectivity index (χ3v) is 7.70. The fraction of sp³-hybridized carbons (Fsp3) is 0.182. The molecule has 3 aromatic carbocycles. The molecule has 0 saturated heterocycles. The zero-order chi connectivity index (χ0) is 29.9. The molecule has 0 radical (unpaired) electrons. The topological polar surface area (TPSA) is 101 Å². The number of ether oxygens (including phenoxy) is 2. The summed E-state index contributed by atoms with van der Waals surface area (Å²) >= 11 is 1.12.